The molecule has 0 N–H and O–H groups in total. The van der Waals surface area contributed by atoms with Crippen LogP contribution in [0, 0.1) is 6.92 Å². The molecule has 9 heteroatoms. The van der Waals surface area contributed by atoms with E-state index in [9.17, 15) is 13.2 Å². The fourth-order valence-electron chi connectivity index (χ4n) is 3.03. The summed E-state index contributed by atoms with van der Waals surface area (Å²) in [4.78, 5) is 18.5. The number of aromatic nitrogens is 4. The van der Waals surface area contributed by atoms with Crippen molar-refractivity contribution in [1.29, 1.82) is 0 Å². The van der Waals surface area contributed by atoms with E-state index in [1.54, 1.807) is 17.8 Å². The van der Waals surface area contributed by atoms with E-state index in [1.165, 1.54) is 4.90 Å². The SMILES string of the molecule is Cc1c(C(=O)N2CCS(=O)(=O)CC2)nnn1-c1ccc2ncccc2c1. The van der Waals surface area contributed by atoms with E-state index in [2.05, 4.69) is 15.3 Å². The van der Waals surface area contributed by atoms with Crippen LogP contribution in [0.3, 0.4) is 0 Å². The van der Waals surface area contributed by atoms with Gasteiger partial charge >= 0.3 is 0 Å². The van der Waals surface area contributed by atoms with Crippen molar-refractivity contribution >= 4 is 26.6 Å². The van der Waals surface area contributed by atoms with Gasteiger partial charge in [0.2, 0.25) is 0 Å². The van der Waals surface area contributed by atoms with Crippen LogP contribution in [0.1, 0.15) is 16.2 Å². The quantitative estimate of drug-likeness (QED) is 0.666. The third kappa shape index (κ3) is 2.94. The first-order chi connectivity index (χ1) is 12.4. The Kier molecular flexibility index (Phi) is 3.95. The summed E-state index contributed by atoms with van der Waals surface area (Å²) in [6, 6.07) is 9.52. The van der Waals surface area contributed by atoms with Crippen molar-refractivity contribution in [3.05, 3.63) is 47.9 Å². The lowest BCUT2D eigenvalue weighted by Gasteiger charge is -2.26. The Morgan fingerprint density at radius 3 is 2.69 bits per heavy atom. The van der Waals surface area contributed by atoms with Gasteiger partial charge in [-0.1, -0.05) is 11.3 Å². The molecule has 3 heterocycles. The number of sulfone groups is 1. The van der Waals surface area contributed by atoms with E-state index in [-0.39, 0.29) is 36.2 Å². The normalized spacial score (nSPS) is 16.7. The summed E-state index contributed by atoms with van der Waals surface area (Å²) < 4.78 is 24.7. The number of rotatable bonds is 2. The average molecular weight is 371 g/mol. The number of hydrogen-bond donors (Lipinski definition) is 0. The number of carbonyl (C=O) groups excluding carboxylic acids is 1. The smallest absolute Gasteiger partial charge is 0.276 e. The topological polar surface area (TPSA) is 98.0 Å². The van der Waals surface area contributed by atoms with Crippen molar-refractivity contribution in [2.75, 3.05) is 24.6 Å². The monoisotopic (exact) mass is 371 g/mol. The van der Waals surface area contributed by atoms with Crippen molar-refractivity contribution in [1.82, 2.24) is 24.9 Å². The van der Waals surface area contributed by atoms with Gasteiger partial charge < -0.3 is 4.90 Å². The van der Waals surface area contributed by atoms with Crippen molar-refractivity contribution in [3.8, 4) is 5.69 Å². The second kappa shape index (κ2) is 6.17. The average Bonchev–Trinajstić information content (AvgIpc) is 3.02. The summed E-state index contributed by atoms with van der Waals surface area (Å²) in [5, 5.41) is 9.12. The van der Waals surface area contributed by atoms with Crippen LogP contribution in [0.15, 0.2) is 36.5 Å². The molecule has 1 saturated heterocycles. The maximum atomic E-state index is 12.7. The highest BCUT2D eigenvalue weighted by Crippen LogP contribution is 2.19. The van der Waals surface area contributed by atoms with E-state index in [4.69, 9.17) is 0 Å². The molecule has 0 saturated carbocycles. The zero-order chi connectivity index (χ0) is 18.3. The molecule has 0 atom stereocenters. The number of fused-ring (bicyclic) bond motifs is 1. The van der Waals surface area contributed by atoms with Gasteiger partial charge in [-0.15, -0.1) is 5.10 Å². The lowest BCUT2D eigenvalue weighted by Crippen LogP contribution is -2.44. The van der Waals surface area contributed by atoms with Gasteiger partial charge in [0.05, 0.1) is 28.4 Å². The van der Waals surface area contributed by atoms with E-state index >= 15 is 0 Å². The number of nitrogens with zero attached hydrogens (tertiary/aromatic N) is 5. The third-order valence-electron chi connectivity index (χ3n) is 4.56. The van der Waals surface area contributed by atoms with E-state index in [0.717, 1.165) is 16.6 Å². The van der Waals surface area contributed by atoms with Gasteiger partial charge in [0.25, 0.3) is 5.91 Å². The Morgan fingerprint density at radius 2 is 1.92 bits per heavy atom. The molecule has 3 aromatic rings. The standard InChI is InChI=1S/C17H17N5O3S/c1-12-16(17(23)21-7-9-26(24,25)10-8-21)19-20-22(12)14-4-5-15-13(11-14)3-2-6-18-15/h2-6,11H,7-10H2,1H3. The molecule has 2 aromatic heterocycles. The first-order valence-corrected chi connectivity index (χ1v) is 10.0. The number of carbonyl (C=O) groups is 1. The minimum atomic E-state index is -3.04. The van der Waals surface area contributed by atoms with Crippen LogP contribution in [0.4, 0.5) is 0 Å². The molecule has 1 aliphatic rings. The number of benzene rings is 1. The fraction of sp³-hybridized carbons (Fsp3) is 0.294. The third-order valence-corrected chi connectivity index (χ3v) is 6.17. The second-order valence-electron chi connectivity index (χ2n) is 6.26. The molecule has 134 valence electrons. The maximum absolute atomic E-state index is 12.7. The lowest BCUT2D eigenvalue weighted by molar-refractivity contribution is 0.0763. The van der Waals surface area contributed by atoms with E-state index in [1.807, 2.05) is 30.3 Å². The largest absolute Gasteiger partial charge is 0.335 e. The minimum Gasteiger partial charge on any atom is -0.335 e. The number of amides is 1. The molecule has 4 rings (SSSR count). The van der Waals surface area contributed by atoms with Crippen LogP contribution in [-0.4, -0.2) is 63.8 Å². The molecular weight excluding hydrogens is 354 g/mol. The van der Waals surface area contributed by atoms with Gasteiger partial charge in [0.15, 0.2) is 15.5 Å². The first kappa shape index (κ1) is 16.6. The summed E-state index contributed by atoms with van der Waals surface area (Å²) in [5.41, 5.74) is 2.53. The Balaban J connectivity index is 1.64. The molecule has 1 aromatic carbocycles. The lowest BCUT2D eigenvalue weighted by atomic mass is 10.2. The molecule has 0 aliphatic carbocycles. The van der Waals surface area contributed by atoms with Gasteiger partial charge in [-0.05, 0) is 31.2 Å². The molecule has 1 aliphatic heterocycles. The van der Waals surface area contributed by atoms with Crippen LogP contribution < -0.4 is 0 Å². The van der Waals surface area contributed by atoms with Crippen molar-refractivity contribution in [2.45, 2.75) is 6.92 Å². The van der Waals surface area contributed by atoms with Gasteiger partial charge in [0.1, 0.15) is 0 Å². The summed E-state index contributed by atoms with van der Waals surface area (Å²) in [6.45, 7) is 2.16. The second-order valence-corrected chi connectivity index (χ2v) is 8.56. The molecule has 0 radical (unpaired) electrons. The molecular formula is C17H17N5O3S. The van der Waals surface area contributed by atoms with Crippen LogP contribution in [-0.2, 0) is 9.84 Å². The highest BCUT2D eigenvalue weighted by molar-refractivity contribution is 7.91. The first-order valence-electron chi connectivity index (χ1n) is 8.22. The van der Waals surface area contributed by atoms with E-state index < -0.39 is 9.84 Å². The Bertz CT molecular complexity index is 1090. The predicted octanol–water partition coefficient (Wildman–Crippen LogP) is 0.995. The highest BCUT2D eigenvalue weighted by Gasteiger charge is 2.28. The minimum absolute atomic E-state index is 0.0103. The summed E-state index contributed by atoms with van der Waals surface area (Å²) in [5.74, 6) is -0.307. The molecule has 0 bridgehead atoms. The van der Waals surface area contributed by atoms with Crippen molar-refractivity contribution in [3.63, 3.8) is 0 Å². The van der Waals surface area contributed by atoms with Gasteiger partial charge in [-0.25, -0.2) is 13.1 Å². The molecule has 1 fully saturated rings. The van der Waals surface area contributed by atoms with Crippen molar-refractivity contribution in [2.24, 2.45) is 0 Å². The Labute approximate surface area is 150 Å². The number of pyridine rings is 1. The van der Waals surface area contributed by atoms with Crippen molar-refractivity contribution < 1.29 is 13.2 Å². The fourth-order valence-corrected chi connectivity index (χ4v) is 4.23. The van der Waals surface area contributed by atoms with Gasteiger partial charge in [-0.3, -0.25) is 9.78 Å². The summed E-state index contributed by atoms with van der Waals surface area (Å²) in [7, 11) is -3.04. The molecule has 8 nitrogen and oxygen atoms in total. The van der Waals surface area contributed by atoms with Gasteiger partial charge in [0, 0.05) is 24.7 Å². The Hall–Kier alpha value is -2.81. The Morgan fingerprint density at radius 1 is 1.15 bits per heavy atom. The van der Waals surface area contributed by atoms with Crippen LogP contribution in [0.2, 0.25) is 0 Å². The molecule has 0 unspecified atom stereocenters. The van der Waals surface area contributed by atoms with Gasteiger partial charge in [-0.2, -0.15) is 0 Å². The predicted molar refractivity (Wildman–Crippen MR) is 96.0 cm³/mol. The van der Waals surface area contributed by atoms with Crippen LogP contribution >= 0.6 is 0 Å². The molecule has 1 amide bonds. The summed E-state index contributed by atoms with van der Waals surface area (Å²) in [6.07, 6.45) is 1.73. The number of hydrogen-bond acceptors (Lipinski definition) is 6. The van der Waals surface area contributed by atoms with E-state index in [0.29, 0.717) is 5.69 Å². The summed E-state index contributed by atoms with van der Waals surface area (Å²) >= 11 is 0. The zero-order valence-electron chi connectivity index (χ0n) is 14.2. The highest BCUT2D eigenvalue weighted by atomic mass is 32.2. The van der Waals surface area contributed by atoms with Crippen LogP contribution in [0.25, 0.3) is 16.6 Å². The van der Waals surface area contributed by atoms with Crippen LogP contribution in [0.5, 0.6) is 0 Å². The molecule has 0 spiro atoms. The zero-order valence-corrected chi connectivity index (χ0v) is 15.0. The maximum Gasteiger partial charge on any atom is 0.276 e. The molecule has 26 heavy (non-hydrogen) atoms.